The number of aromatic nitrogens is 2. The molecule has 0 bridgehead atoms. The van der Waals surface area contributed by atoms with E-state index < -0.39 is 0 Å². The molecule has 0 aliphatic carbocycles. The van der Waals surface area contributed by atoms with Crippen LogP contribution in [0.25, 0.3) is 0 Å². The van der Waals surface area contributed by atoms with Crippen LogP contribution >= 0.6 is 0 Å². The number of piperidine rings is 1. The van der Waals surface area contributed by atoms with Gasteiger partial charge in [0.25, 0.3) is 0 Å². The molecular formula is C11H18N4O. The highest BCUT2D eigenvalue weighted by Crippen LogP contribution is 2.19. The molecule has 1 fully saturated rings. The van der Waals surface area contributed by atoms with Crippen LogP contribution in [-0.2, 0) is 0 Å². The summed E-state index contributed by atoms with van der Waals surface area (Å²) < 4.78 is 5.10. The predicted molar refractivity (Wildman–Crippen MR) is 62.9 cm³/mol. The molecule has 0 amide bonds. The van der Waals surface area contributed by atoms with Gasteiger partial charge in [-0.25, -0.2) is 9.97 Å². The van der Waals surface area contributed by atoms with Gasteiger partial charge in [-0.3, -0.25) is 0 Å². The third kappa shape index (κ3) is 2.41. The molecule has 1 saturated heterocycles. The average molecular weight is 222 g/mol. The molecule has 1 N–H and O–H groups in total. The zero-order valence-corrected chi connectivity index (χ0v) is 9.81. The Kier molecular flexibility index (Phi) is 3.56. The van der Waals surface area contributed by atoms with E-state index in [2.05, 4.69) is 20.2 Å². The molecule has 0 radical (unpaired) electrons. The topological polar surface area (TPSA) is 50.3 Å². The fourth-order valence-electron chi connectivity index (χ4n) is 2.01. The van der Waals surface area contributed by atoms with Gasteiger partial charge in [-0.2, -0.15) is 0 Å². The Morgan fingerprint density at radius 1 is 1.38 bits per heavy atom. The third-order valence-electron chi connectivity index (χ3n) is 3.06. The molecule has 1 aliphatic heterocycles. The van der Waals surface area contributed by atoms with E-state index in [9.17, 15) is 0 Å². The first-order valence-electron chi connectivity index (χ1n) is 5.61. The lowest BCUT2D eigenvalue weighted by Gasteiger charge is -2.32. The van der Waals surface area contributed by atoms with Crippen LogP contribution in [0.2, 0.25) is 0 Å². The van der Waals surface area contributed by atoms with Crippen LogP contribution in [0.15, 0.2) is 12.4 Å². The van der Waals surface area contributed by atoms with Crippen molar-refractivity contribution < 1.29 is 4.74 Å². The highest BCUT2D eigenvalue weighted by atomic mass is 16.5. The summed E-state index contributed by atoms with van der Waals surface area (Å²) in [5.41, 5.74) is 0. The quantitative estimate of drug-likeness (QED) is 0.814. The lowest BCUT2D eigenvalue weighted by molar-refractivity contribution is 0.395. The normalized spacial score (nSPS) is 17.5. The van der Waals surface area contributed by atoms with Gasteiger partial charge in [0.2, 0.25) is 5.88 Å². The van der Waals surface area contributed by atoms with E-state index in [1.807, 2.05) is 13.1 Å². The maximum atomic E-state index is 5.10. The first kappa shape index (κ1) is 11.1. The largest absolute Gasteiger partial charge is 0.481 e. The van der Waals surface area contributed by atoms with Gasteiger partial charge in [0, 0.05) is 25.2 Å². The third-order valence-corrected chi connectivity index (χ3v) is 3.06. The van der Waals surface area contributed by atoms with Crippen LogP contribution in [0.3, 0.4) is 0 Å². The summed E-state index contributed by atoms with van der Waals surface area (Å²) in [5, 5.41) is 3.31. The van der Waals surface area contributed by atoms with E-state index >= 15 is 0 Å². The van der Waals surface area contributed by atoms with Gasteiger partial charge >= 0.3 is 0 Å². The van der Waals surface area contributed by atoms with E-state index in [1.54, 1.807) is 13.4 Å². The zero-order valence-electron chi connectivity index (χ0n) is 9.81. The fraction of sp³-hybridized carbons (Fsp3) is 0.636. The van der Waals surface area contributed by atoms with Crippen LogP contribution < -0.4 is 15.0 Å². The summed E-state index contributed by atoms with van der Waals surface area (Å²) in [6.07, 6.45) is 3.87. The standard InChI is InChI=1S/C11H18N4O/c1-12-9-3-5-15(6-4-9)10-7-11(16-2)14-8-13-10/h7-9,12H,3-6H2,1-2H3. The molecule has 5 heteroatoms. The van der Waals surface area contributed by atoms with E-state index in [0.717, 1.165) is 31.7 Å². The lowest BCUT2D eigenvalue weighted by atomic mass is 10.1. The lowest BCUT2D eigenvalue weighted by Crippen LogP contribution is -2.41. The van der Waals surface area contributed by atoms with Crippen molar-refractivity contribution in [2.45, 2.75) is 18.9 Å². The molecule has 1 aromatic heterocycles. The highest BCUT2D eigenvalue weighted by molar-refractivity contribution is 5.41. The summed E-state index contributed by atoms with van der Waals surface area (Å²) in [6, 6.07) is 2.53. The molecule has 1 aliphatic rings. The molecule has 0 aromatic carbocycles. The number of methoxy groups -OCH3 is 1. The maximum Gasteiger partial charge on any atom is 0.218 e. The van der Waals surface area contributed by atoms with E-state index in [4.69, 9.17) is 4.74 Å². The van der Waals surface area contributed by atoms with Crippen LogP contribution in [0, 0.1) is 0 Å². The van der Waals surface area contributed by atoms with Crippen molar-refractivity contribution in [3.05, 3.63) is 12.4 Å². The van der Waals surface area contributed by atoms with Gasteiger partial charge in [0.05, 0.1) is 7.11 Å². The van der Waals surface area contributed by atoms with E-state index in [0.29, 0.717) is 11.9 Å². The summed E-state index contributed by atoms with van der Waals surface area (Å²) in [4.78, 5) is 10.6. The predicted octanol–water partition coefficient (Wildman–Crippen LogP) is 0.673. The van der Waals surface area contributed by atoms with Crippen molar-refractivity contribution in [1.29, 1.82) is 0 Å². The number of ether oxygens (including phenoxy) is 1. The molecule has 0 unspecified atom stereocenters. The fourth-order valence-corrected chi connectivity index (χ4v) is 2.01. The number of rotatable bonds is 3. The molecular weight excluding hydrogens is 204 g/mol. The second-order valence-electron chi connectivity index (χ2n) is 3.97. The zero-order chi connectivity index (χ0) is 11.4. The monoisotopic (exact) mass is 222 g/mol. The van der Waals surface area contributed by atoms with Crippen LogP contribution in [0.1, 0.15) is 12.8 Å². The minimum atomic E-state index is 0.626. The van der Waals surface area contributed by atoms with Crippen molar-refractivity contribution in [2.75, 3.05) is 32.1 Å². The molecule has 88 valence electrons. The van der Waals surface area contributed by atoms with Crippen molar-refractivity contribution >= 4 is 5.82 Å². The molecule has 2 heterocycles. The van der Waals surface area contributed by atoms with Gasteiger partial charge in [0.1, 0.15) is 12.1 Å². The highest BCUT2D eigenvalue weighted by Gasteiger charge is 2.18. The molecule has 0 saturated carbocycles. The maximum absolute atomic E-state index is 5.10. The van der Waals surface area contributed by atoms with Crippen LogP contribution in [0.5, 0.6) is 5.88 Å². The van der Waals surface area contributed by atoms with Crippen LogP contribution in [-0.4, -0.2) is 43.3 Å². The molecule has 0 spiro atoms. The van der Waals surface area contributed by atoms with Crippen molar-refractivity contribution in [2.24, 2.45) is 0 Å². The number of hydrogen-bond acceptors (Lipinski definition) is 5. The van der Waals surface area contributed by atoms with E-state index in [1.165, 1.54) is 0 Å². The Hall–Kier alpha value is -1.36. The minimum Gasteiger partial charge on any atom is -0.481 e. The minimum absolute atomic E-state index is 0.626. The molecule has 0 atom stereocenters. The Labute approximate surface area is 95.8 Å². The summed E-state index contributed by atoms with van der Waals surface area (Å²) in [6.45, 7) is 2.07. The first-order chi connectivity index (χ1) is 7.83. The molecule has 16 heavy (non-hydrogen) atoms. The first-order valence-corrected chi connectivity index (χ1v) is 5.61. The number of nitrogens with one attached hydrogen (secondary N) is 1. The van der Waals surface area contributed by atoms with Crippen LogP contribution in [0.4, 0.5) is 5.82 Å². The SMILES string of the molecule is CNC1CCN(c2cc(OC)ncn2)CC1. The van der Waals surface area contributed by atoms with Gasteiger partial charge in [-0.1, -0.05) is 0 Å². The van der Waals surface area contributed by atoms with Gasteiger partial charge < -0.3 is 15.0 Å². The number of nitrogens with zero attached hydrogens (tertiary/aromatic N) is 3. The Morgan fingerprint density at radius 2 is 2.12 bits per heavy atom. The summed E-state index contributed by atoms with van der Waals surface area (Å²) in [5.74, 6) is 1.59. The second-order valence-corrected chi connectivity index (χ2v) is 3.97. The van der Waals surface area contributed by atoms with Gasteiger partial charge in [-0.05, 0) is 19.9 Å². The van der Waals surface area contributed by atoms with Gasteiger partial charge in [-0.15, -0.1) is 0 Å². The van der Waals surface area contributed by atoms with Crippen molar-refractivity contribution in [3.8, 4) is 5.88 Å². The van der Waals surface area contributed by atoms with E-state index in [-0.39, 0.29) is 0 Å². The Bertz CT molecular complexity index is 337. The Morgan fingerprint density at radius 3 is 2.75 bits per heavy atom. The molecule has 1 aromatic rings. The molecule has 2 rings (SSSR count). The smallest absolute Gasteiger partial charge is 0.218 e. The number of hydrogen-bond donors (Lipinski definition) is 1. The Balaban J connectivity index is 2.02. The molecule has 5 nitrogen and oxygen atoms in total. The second kappa shape index (κ2) is 5.12. The average Bonchev–Trinajstić information content (AvgIpc) is 2.39. The van der Waals surface area contributed by atoms with Crippen molar-refractivity contribution in [1.82, 2.24) is 15.3 Å². The summed E-state index contributed by atoms with van der Waals surface area (Å²) in [7, 11) is 3.65. The van der Waals surface area contributed by atoms with Crippen molar-refractivity contribution in [3.63, 3.8) is 0 Å². The van der Waals surface area contributed by atoms with Gasteiger partial charge in [0.15, 0.2) is 0 Å². The summed E-state index contributed by atoms with van der Waals surface area (Å²) >= 11 is 0. The number of anilines is 1.